The number of carboxylic acid groups (broad SMARTS) is 1. The van der Waals surface area contributed by atoms with Crippen LogP contribution in [0.25, 0.3) is 0 Å². The first-order valence-corrected chi connectivity index (χ1v) is 4.30. The van der Waals surface area contributed by atoms with Gasteiger partial charge >= 0.3 is 0 Å². The van der Waals surface area contributed by atoms with E-state index in [4.69, 9.17) is 9.90 Å². The minimum absolute atomic E-state index is 0.250. The Bertz CT molecular complexity index is 72.0. The van der Waals surface area contributed by atoms with E-state index in [1.807, 2.05) is 0 Å². The van der Waals surface area contributed by atoms with Gasteiger partial charge < -0.3 is 5.11 Å². The van der Waals surface area contributed by atoms with E-state index >= 15 is 0 Å². The lowest BCUT2D eigenvalue weighted by Crippen LogP contribution is -1.89. The second kappa shape index (κ2) is 12.2. The van der Waals surface area contributed by atoms with Gasteiger partial charge in [-0.15, -0.1) is 0 Å². The summed E-state index contributed by atoms with van der Waals surface area (Å²) in [4.78, 5) is 8.36. The highest BCUT2D eigenvalue weighted by atomic mass is 16.3. The quantitative estimate of drug-likeness (QED) is 0.642. The zero-order valence-electron chi connectivity index (χ0n) is 7.84. The first kappa shape index (κ1) is 13.1. The van der Waals surface area contributed by atoms with Crippen LogP contribution < -0.4 is 0 Å². The first-order chi connectivity index (χ1) is 5.22. The Hall–Kier alpha value is -0.530. The largest absolute Gasteiger partial charge is 0.483 e. The molecule has 0 spiro atoms. The van der Waals surface area contributed by atoms with Crippen molar-refractivity contribution in [3.8, 4) is 0 Å². The van der Waals surface area contributed by atoms with Crippen molar-refractivity contribution in [2.75, 3.05) is 0 Å². The van der Waals surface area contributed by atoms with Gasteiger partial charge in [0.15, 0.2) is 0 Å². The SMILES string of the molecule is CCCCC(C)CC.O=CO. The molecule has 1 unspecified atom stereocenters. The minimum atomic E-state index is -0.250. The van der Waals surface area contributed by atoms with Gasteiger partial charge in [-0.1, -0.05) is 46.5 Å². The summed E-state index contributed by atoms with van der Waals surface area (Å²) in [5.41, 5.74) is 0. The average Bonchev–Trinajstić information content (AvgIpc) is 2.02. The summed E-state index contributed by atoms with van der Waals surface area (Å²) >= 11 is 0. The highest BCUT2D eigenvalue weighted by Crippen LogP contribution is 2.09. The second-order valence-corrected chi connectivity index (χ2v) is 2.76. The standard InChI is InChI=1S/C8H18.CH2O2/c1-4-6-7-8(3)5-2;2-1-3/h8H,4-7H2,1-3H3;1H,(H,2,3). The van der Waals surface area contributed by atoms with Crippen molar-refractivity contribution in [2.45, 2.75) is 46.5 Å². The molecule has 0 aromatic carbocycles. The molecular weight excluding hydrogens is 140 g/mol. The van der Waals surface area contributed by atoms with Crippen molar-refractivity contribution in [2.24, 2.45) is 5.92 Å². The topological polar surface area (TPSA) is 37.3 Å². The molecule has 0 amide bonds. The van der Waals surface area contributed by atoms with Crippen LogP contribution in [0.2, 0.25) is 0 Å². The average molecular weight is 160 g/mol. The lowest BCUT2D eigenvalue weighted by Gasteiger charge is -2.04. The molecule has 2 heteroatoms. The summed E-state index contributed by atoms with van der Waals surface area (Å²) < 4.78 is 0. The normalized spacial score (nSPS) is 11.2. The molecule has 1 atom stereocenters. The summed E-state index contributed by atoms with van der Waals surface area (Å²) in [5.74, 6) is 0.954. The number of carbonyl (C=O) groups is 1. The van der Waals surface area contributed by atoms with Gasteiger partial charge in [0.1, 0.15) is 0 Å². The number of hydrogen-bond donors (Lipinski definition) is 1. The molecule has 0 bridgehead atoms. The van der Waals surface area contributed by atoms with E-state index in [0.717, 1.165) is 5.92 Å². The van der Waals surface area contributed by atoms with E-state index < -0.39 is 0 Å². The fourth-order valence-electron chi connectivity index (χ4n) is 0.757. The van der Waals surface area contributed by atoms with Gasteiger partial charge in [0.2, 0.25) is 0 Å². The van der Waals surface area contributed by atoms with Crippen molar-refractivity contribution in [1.82, 2.24) is 0 Å². The van der Waals surface area contributed by atoms with Gasteiger partial charge in [-0.25, -0.2) is 0 Å². The Kier molecular flexibility index (Phi) is 14.5. The fourth-order valence-corrected chi connectivity index (χ4v) is 0.757. The lowest BCUT2D eigenvalue weighted by molar-refractivity contribution is -0.122. The molecule has 0 saturated heterocycles. The summed E-state index contributed by atoms with van der Waals surface area (Å²) in [5, 5.41) is 6.89. The highest BCUT2D eigenvalue weighted by molar-refractivity contribution is 5.32. The van der Waals surface area contributed by atoms with Crippen LogP contribution in [0.3, 0.4) is 0 Å². The molecule has 0 aromatic heterocycles. The number of unbranched alkanes of at least 4 members (excludes halogenated alkanes) is 1. The van der Waals surface area contributed by atoms with Crippen molar-refractivity contribution in [3.05, 3.63) is 0 Å². The third-order valence-electron chi connectivity index (χ3n) is 1.75. The van der Waals surface area contributed by atoms with Crippen LogP contribution in [0.4, 0.5) is 0 Å². The molecule has 0 aromatic rings. The van der Waals surface area contributed by atoms with Crippen LogP contribution in [0.15, 0.2) is 0 Å². The van der Waals surface area contributed by atoms with Crippen LogP contribution in [0.1, 0.15) is 46.5 Å². The summed E-state index contributed by atoms with van der Waals surface area (Å²) in [6.45, 7) is 6.60. The van der Waals surface area contributed by atoms with Gasteiger partial charge in [-0.3, -0.25) is 4.79 Å². The molecule has 0 aliphatic carbocycles. The van der Waals surface area contributed by atoms with Gasteiger partial charge in [0.25, 0.3) is 6.47 Å². The third-order valence-corrected chi connectivity index (χ3v) is 1.75. The maximum absolute atomic E-state index is 8.36. The molecular formula is C9H20O2. The highest BCUT2D eigenvalue weighted by Gasteiger charge is 1.94. The van der Waals surface area contributed by atoms with Gasteiger partial charge in [0, 0.05) is 0 Å². The van der Waals surface area contributed by atoms with Gasteiger partial charge in [0.05, 0.1) is 0 Å². The number of rotatable bonds is 4. The van der Waals surface area contributed by atoms with E-state index in [9.17, 15) is 0 Å². The second-order valence-electron chi connectivity index (χ2n) is 2.76. The molecule has 0 fully saturated rings. The summed E-state index contributed by atoms with van der Waals surface area (Å²) in [7, 11) is 0. The van der Waals surface area contributed by atoms with Crippen molar-refractivity contribution < 1.29 is 9.90 Å². The number of hydrogen-bond acceptors (Lipinski definition) is 1. The first-order valence-electron chi connectivity index (χ1n) is 4.30. The predicted molar refractivity (Wildman–Crippen MR) is 47.7 cm³/mol. The van der Waals surface area contributed by atoms with Gasteiger partial charge in [-0.2, -0.15) is 0 Å². The van der Waals surface area contributed by atoms with E-state index in [1.165, 1.54) is 25.7 Å². The van der Waals surface area contributed by atoms with Crippen LogP contribution >= 0.6 is 0 Å². The molecule has 0 heterocycles. The molecule has 0 radical (unpaired) electrons. The molecule has 0 aliphatic heterocycles. The smallest absolute Gasteiger partial charge is 0.290 e. The van der Waals surface area contributed by atoms with Crippen LogP contribution in [-0.2, 0) is 4.79 Å². The Labute approximate surface area is 69.6 Å². The fraction of sp³-hybridized carbons (Fsp3) is 0.889. The molecule has 0 saturated carbocycles. The third kappa shape index (κ3) is 17.7. The lowest BCUT2D eigenvalue weighted by atomic mass is 10.0. The summed E-state index contributed by atoms with van der Waals surface area (Å²) in [6, 6.07) is 0. The zero-order chi connectivity index (χ0) is 9.11. The Morgan fingerprint density at radius 2 is 1.91 bits per heavy atom. The molecule has 11 heavy (non-hydrogen) atoms. The van der Waals surface area contributed by atoms with E-state index in [1.54, 1.807) is 0 Å². The Morgan fingerprint density at radius 1 is 1.45 bits per heavy atom. The molecule has 2 nitrogen and oxygen atoms in total. The summed E-state index contributed by atoms with van der Waals surface area (Å²) in [6.07, 6.45) is 5.53. The minimum Gasteiger partial charge on any atom is -0.483 e. The predicted octanol–water partition coefficient (Wildman–Crippen LogP) is 2.92. The van der Waals surface area contributed by atoms with Gasteiger partial charge in [-0.05, 0) is 5.92 Å². The Balaban J connectivity index is 0. The van der Waals surface area contributed by atoms with Crippen LogP contribution in [0, 0.1) is 5.92 Å². The van der Waals surface area contributed by atoms with E-state index in [0.29, 0.717) is 0 Å². The van der Waals surface area contributed by atoms with Crippen molar-refractivity contribution in [1.29, 1.82) is 0 Å². The maximum Gasteiger partial charge on any atom is 0.290 e. The van der Waals surface area contributed by atoms with E-state index in [2.05, 4.69) is 20.8 Å². The molecule has 1 N–H and O–H groups in total. The Morgan fingerprint density at radius 3 is 2.18 bits per heavy atom. The zero-order valence-corrected chi connectivity index (χ0v) is 7.84. The van der Waals surface area contributed by atoms with Crippen molar-refractivity contribution >= 4 is 6.47 Å². The monoisotopic (exact) mass is 160 g/mol. The van der Waals surface area contributed by atoms with Crippen LogP contribution in [-0.4, -0.2) is 11.6 Å². The molecule has 0 rings (SSSR count). The van der Waals surface area contributed by atoms with Crippen LogP contribution in [0.5, 0.6) is 0 Å². The maximum atomic E-state index is 8.36. The molecule has 0 aliphatic rings. The van der Waals surface area contributed by atoms with E-state index in [-0.39, 0.29) is 6.47 Å². The molecule has 68 valence electrons. The van der Waals surface area contributed by atoms with Crippen molar-refractivity contribution in [3.63, 3.8) is 0 Å².